The average molecular weight is 371 g/mol. The van der Waals surface area contributed by atoms with E-state index in [-0.39, 0.29) is 11.7 Å². The Kier molecular flexibility index (Phi) is 5.34. The summed E-state index contributed by atoms with van der Waals surface area (Å²) in [7, 11) is 3.93. The van der Waals surface area contributed by atoms with Gasteiger partial charge in [-0.05, 0) is 75.5 Å². The van der Waals surface area contributed by atoms with Gasteiger partial charge in [0.1, 0.15) is 5.82 Å². The third-order valence-electron chi connectivity index (χ3n) is 4.33. The number of thiazole rings is 1. The Labute approximate surface area is 156 Å². The van der Waals surface area contributed by atoms with Gasteiger partial charge in [-0.2, -0.15) is 0 Å². The van der Waals surface area contributed by atoms with Crippen molar-refractivity contribution in [3.8, 4) is 0 Å². The van der Waals surface area contributed by atoms with Crippen molar-refractivity contribution in [2.24, 2.45) is 0 Å². The third kappa shape index (κ3) is 3.92. The largest absolute Gasteiger partial charge is 0.308 e. The second-order valence-corrected chi connectivity index (χ2v) is 7.68. The van der Waals surface area contributed by atoms with Gasteiger partial charge in [0, 0.05) is 18.7 Å². The number of nitrogens with zero attached hydrogens (tertiary/aromatic N) is 3. The number of fused-ring (bicyclic) bond motifs is 1. The Morgan fingerprint density at radius 1 is 1.08 bits per heavy atom. The van der Waals surface area contributed by atoms with Crippen LogP contribution in [0.5, 0.6) is 0 Å². The average Bonchev–Trinajstić information content (AvgIpc) is 2.98. The molecule has 0 radical (unpaired) electrons. The van der Waals surface area contributed by atoms with E-state index in [1.165, 1.54) is 46.7 Å². The number of aromatic nitrogens is 1. The SMILES string of the molecule is Cc1cc2nc(N(CCN(C)C)C(=O)c3ccc(F)cc3)sc2cc1C. The third-order valence-corrected chi connectivity index (χ3v) is 5.37. The van der Waals surface area contributed by atoms with Crippen LogP contribution in [0.1, 0.15) is 21.5 Å². The highest BCUT2D eigenvalue weighted by atomic mass is 32.1. The van der Waals surface area contributed by atoms with Crippen molar-refractivity contribution in [1.29, 1.82) is 0 Å². The molecule has 0 atom stereocenters. The fourth-order valence-corrected chi connectivity index (χ4v) is 3.69. The van der Waals surface area contributed by atoms with E-state index in [1.807, 2.05) is 19.0 Å². The van der Waals surface area contributed by atoms with Gasteiger partial charge in [-0.25, -0.2) is 9.37 Å². The number of hydrogen-bond donors (Lipinski definition) is 0. The van der Waals surface area contributed by atoms with Crippen LogP contribution in [-0.2, 0) is 0 Å². The van der Waals surface area contributed by atoms with Gasteiger partial charge in [0.15, 0.2) is 5.13 Å². The minimum absolute atomic E-state index is 0.167. The molecule has 0 saturated carbocycles. The fourth-order valence-electron chi connectivity index (χ4n) is 2.62. The molecule has 0 aliphatic carbocycles. The van der Waals surface area contributed by atoms with Gasteiger partial charge >= 0.3 is 0 Å². The summed E-state index contributed by atoms with van der Waals surface area (Å²) < 4.78 is 14.3. The molecule has 0 spiro atoms. The van der Waals surface area contributed by atoms with Crippen molar-refractivity contribution in [1.82, 2.24) is 9.88 Å². The summed E-state index contributed by atoms with van der Waals surface area (Å²) in [5.74, 6) is -0.522. The van der Waals surface area contributed by atoms with Crippen LogP contribution < -0.4 is 4.90 Å². The first kappa shape index (κ1) is 18.5. The maximum absolute atomic E-state index is 13.2. The molecule has 0 N–H and O–H groups in total. The lowest BCUT2D eigenvalue weighted by atomic mass is 10.1. The van der Waals surface area contributed by atoms with Crippen LogP contribution in [-0.4, -0.2) is 43.0 Å². The smallest absolute Gasteiger partial charge is 0.260 e. The van der Waals surface area contributed by atoms with Gasteiger partial charge in [-0.3, -0.25) is 9.69 Å². The Balaban J connectivity index is 2.00. The Hall–Kier alpha value is -2.31. The number of hydrogen-bond acceptors (Lipinski definition) is 4. The lowest BCUT2D eigenvalue weighted by Crippen LogP contribution is -2.36. The number of amides is 1. The number of likely N-dealkylation sites (N-methyl/N-ethyl adjacent to an activating group) is 1. The van der Waals surface area contributed by atoms with Crippen LogP contribution in [0, 0.1) is 19.7 Å². The van der Waals surface area contributed by atoms with E-state index >= 15 is 0 Å². The van der Waals surface area contributed by atoms with Crippen molar-refractivity contribution in [3.63, 3.8) is 0 Å². The van der Waals surface area contributed by atoms with Crippen molar-refractivity contribution >= 4 is 32.6 Å². The van der Waals surface area contributed by atoms with Crippen LogP contribution in [0.3, 0.4) is 0 Å². The zero-order valence-electron chi connectivity index (χ0n) is 15.4. The molecular formula is C20H22FN3OS. The topological polar surface area (TPSA) is 36.4 Å². The van der Waals surface area contributed by atoms with E-state index in [0.29, 0.717) is 23.8 Å². The van der Waals surface area contributed by atoms with E-state index < -0.39 is 0 Å². The first-order valence-electron chi connectivity index (χ1n) is 8.45. The number of carbonyl (C=O) groups excluding carboxylic acids is 1. The number of benzene rings is 2. The Morgan fingerprint density at radius 2 is 1.73 bits per heavy atom. The molecule has 4 nitrogen and oxygen atoms in total. The zero-order chi connectivity index (χ0) is 18.8. The lowest BCUT2D eigenvalue weighted by molar-refractivity contribution is 0.0985. The number of aryl methyl sites for hydroxylation is 2. The van der Waals surface area contributed by atoms with Gasteiger partial charge in [-0.15, -0.1) is 0 Å². The molecular weight excluding hydrogens is 349 g/mol. The second-order valence-electron chi connectivity index (χ2n) is 6.67. The summed E-state index contributed by atoms with van der Waals surface area (Å²) in [5, 5.41) is 0.668. The summed E-state index contributed by atoms with van der Waals surface area (Å²) in [6.07, 6.45) is 0. The summed E-state index contributed by atoms with van der Waals surface area (Å²) in [5.41, 5.74) is 3.74. The van der Waals surface area contributed by atoms with E-state index in [9.17, 15) is 9.18 Å². The van der Waals surface area contributed by atoms with Crippen molar-refractivity contribution in [2.75, 3.05) is 32.1 Å². The van der Waals surface area contributed by atoms with Crippen LogP contribution in [0.15, 0.2) is 36.4 Å². The highest BCUT2D eigenvalue weighted by Crippen LogP contribution is 2.31. The highest BCUT2D eigenvalue weighted by molar-refractivity contribution is 7.22. The standard InChI is InChI=1S/C20H22FN3OS/c1-13-11-17-18(12-14(13)2)26-20(22-17)24(10-9-23(3)4)19(25)15-5-7-16(21)8-6-15/h5-8,11-12H,9-10H2,1-4H3. The maximum atomic E-state index is 13.2. The Bertz CT molecular complexity index is 895. The predicted molar refractivity (Wildman–Crippen MR) is 106 cm³/mol. The monoisotopic (exact) mass is 371 g/mol. The maximum Gasteiger partial charge on any atom is 0.260 e. The molecule has 26 heavy (non-hydrogen) atoms. The summed E-state index contributed by atoms with van der Waals surface area (Å²) in [6, 6.07) is 9.81. The van der Waals surface area contributed by atoms with Crippen LogP contribution in [0.4, 0.5) is 9.52 Å². The van der Waals surface area contributed by atoms with E-state index in [0.717, 1.165) is 10.2 Å². The molecule has 3 aromatic rings. The lowest BCUT2D eigenvalue weighted by Gasteiger charge is -2.22. The summed E-state index contributed by atoms with van der Waals surface area (Å²) in [6.45, 7) is 5.35. The highest BCUT2D eigenvalue weighted by Gasteiger charge is 2.21. The minimum Gasteiger partial charge on any atom is -0.308 e. The van der Waals surface area contributed by atoms with Gasteiger partial charge < -0.3 is 4.90 Å². The number of halogens is 1. The molecule has 1 aromatic heterocycles. The van der Waals surface area contributed by atoms with Crippen LogP contribution in [0.2, 0.25) is 0 Å². The fraction of sp³-hybridized carbons (Fsp3) is 0.300. The van der Waals surface area contributed by atoms with Crippen molar-refractivity contribution < 1.29 is 9.18 Å². The molecule has 3 rings (SSSR count). The normalized spacial score (nSPS) is 11.3. The van der Waals surface area contributed by atoms with E-state index in [2.05, 4.69) is 31.0 Å². The molecule has 0 saturated heterocycles. The molecule has 0 aliphatic heterocycles. The van der Waals surface area contributed by atoms with Gasteiger partial charge in [0.25, 0.3) is 5.91 Å². The first-order valence-corrected chi connectivity index (χ1v) is 9.27. The van der Waals surface area contributed by atoms with Crippen molar-refractivity contribution in [3.05, 3.63) is 58.9 Å². The molecule has 0 aliphatic rings. The second kappa shape index (κ2) is 7.51. The van der Waals surface area contributed by atoms with Gasteiger partial charge in [-0.1, -0.05) is 11.3 Å². The minimum atomic E-state index is -0.354. The molecule has 136 valence electrons. The Morgan fingerprint density at radius 3 is 2.38 bits per heavy atom. The van der Waals surface area contributed by atoms with Gasteiger partial charge in [0.05, 0.1) is 10.2 Å². The zero-order valence-corrected chi connectivity index (χ0v) is 16.2. The van der Waals surface area contributed by atoms with Crippen molar-refractivity contribution in [2.45, 2.75) is 13.8 Å². The summed E-state index contributed by atoms with van der Waals surface area (Å²) >= 11 is 1.51. The van der Waals surface area contributed by atoms with Crippen LogP contribution >= 0.6 is 11.3 Å². The summed E-state index contributed by atoms with van der Waals surface area (Å²) in [4.78, 5) is 21.4. The first-order chi connectivity index (χ1) is 12.3. The number of rotatable bonds is 5. The molecule has 6 heteroatoms. The molecule has 1 amide bonds. The van der Waals surface area contributed by atoms with E-state index in [1.54, 1.807) is 4.90 Å². The van der Waals surface area contributed by atoms with Crippen LogP contribution in [0.25, 0.3) is 10.2 Å². The number of carbonyl (C=O) groups is 1. The quantitative estimate of drug-likeness (QED) is 0.672. The van der Waals surface area contributed by atoms with E-state index in [4.69, 9.17) is 0 Å². The molecule has 1 heterocycles. The molecule has 0 fully saturated rings. The van der Waals surface area contributed by atoms with Gasteiger partial charge in [0.2, 0.25) is 0 Å². The molecule has 0 bridgehead atoms. The molecule has 0 unspecified atom stereocenters. The molecule has 2 aromatic carbocycles. The number of anilines is 1. The predicted octanol–water partition coefficient (Wildman–Crippen LogP) is 4.26.